The minimum atomic E-state index is -0.550. The maximum Gasteiger partial charge on any atom is 0.320 e. The average Bonchev–Trinajstić information content (AvgIpc) is 2.71. The number of benzene rings is 2. The fourth-order valence-electron chi connectivity index (χ4n) is 2.85. The summed E-state index contributed by atoms with van der Waals surface area (Å²) in [5.74, 6) is -0.205. The molecule has 5 heteroatoms. The Labute approximate surface area is 167 Å². The first-order valence-corrected chi connectivity index (χ1v) is 9.83. The zero-order valence-electron chi connectivity index (χ0n) is 16.9. The Morgan fingerprint density at radius 2 is 1.64 bits per heavy atom. The highest BCUT2D eigenvalue weighted by molar-refractivity contribution is 5.89. The van der Waals surface area contributed by atoms with Gasteiger partial charge < -0.3 is 14.4 Å². The molecule has 28 heavy (non-hydrogen) atoms. The van der Waals surface area contributed by atoms with Crippen molar-refractivity contribution in [2.45, 2.75) is 39.5 Å². The fourth-order valence-corrected chi connectivity index (χ4v) is 2.85. The van der Waals surface area contributed by atoms with Crippen LogP contribution < -0.4 is 4.74 Å². The number of carbonyl (C=O) groups is 2. The maximum absolute atomic E-state index is 12.3. The molecule has 0 aliphatic heterocycles. The van der Waals surface area contributed by atoms with Crippen molar-refractivity contribution in [2.75, 3.05) is 19.6 Å². The van der Waals surface area contributed by atoms with E-state index in [0.717, 1.165) is 30.9 Å². The molecule has 2 aromatic rings. The highest BCUT2D eigenvalue weighted by Crippen LogP contribution is 2.26. The van der Waals surface area contributed by atoms with Crippen molar-refractivity contribution in [3.05, 3.63) is 60.2 Å². The van der Waals surface area contributed by atoms with Crippen LogP contribution in [0.25, 0.3) is 0 Å². The van der Waals surface area contributed by atoms with E-state index in [9.17, 15) is 9.59 Å². The third-order valence-electron chi connectivity index (χ3n) is 4.65. The lowest BCUT2D eigenvalue weighted by Crippen LogP contribution is -2.25. The summed E-state index contributed by atoms with van der Waals surface area (Å²) in [5, 5.41) is 0. The molecule has 0 amide bonds. The molecular formula is C23H29NO4. The van der Waals surface area contributed by atoms with Gasteiger partial charge >= 0.3 is 11.9 Å². The van der Waals surface area contributed by atoms with E-state index in [1.165, 1.54) is 0 Å². The van der Waals surface area contributed by atoms with Crippen molar-refractivity contribution in [2.24, 2.45) is 0 Å². The van der Waals surface area contributed by atoms with Crippen molar-refractivity contribution < 1.29 is 19.1 Å². The van der Waals surface area contributed by atoms with Gasteiger partial charge in [0, 0.05) is 6.42 Å². The van der Waals surface area contributed by atoms with Gasteiger partial charge in [0.15, 0.2) is 0 Å². The molecule has 0 aliphatic carbocycles. The smallest absolute Gasteiger partial charge is 0.320 e. The van der Waals surface area contributed by atoms with Crippen LogP contribution in [0.1, 0.15) is 45.1 Å². The van der Waals surface area contributed by atoms with E-state index in [4.69, 9.17) is 9.47 Å². The third-order valence-corrected chi connectivity index (χ3v) is 4.65. The number of esters is 2. The number of hydrogen-bond acceptors (Lipinski definition) is 5. The predicted molar refractivity (Wildman–Crippen MR) is 109 cm³/mol. The summed E-state index contributed by atoms with van der Waals surface area (Å²) in [6.45, 7) is 8.62. The summed E-state index contributed by atoms with van der Waals surface area (Å²) in [7, 11) is 0. The second-order valence-electron chi connectivity index (χ2n) is 6.63. The van der Waals surface area contributed by atoms with Gasteiger partial charge in [-0.05, 0) is 62.8 Å². The third kappa shape index (κ3) is 6.82. The first-order chi connectivity index (χ1) is 13.5. The zero-order valence-corrected chi connectivity index (χ0v) is 16.9. The van der Waals surface area contributed by atoms with Crippen LogP contribution in [0.3, 0.4) is 0 Å². The summed E-state index contributed by atoms with van der Waals surface area (Å²) < 4.78 is 10.8. The van der Waals surface area contributed by atoms with Gasteiger partial charge in [-0.25, -0.2) is 0 Å². The van der Waals surface area contributed by atoms with Gasteiger partial charge in [0.1, 0.15) is 11.5 Å². The average molecular weight is 383 g/mol. The van der Waals surface area contributed by atoms with Gasteiger partial charge in [0.05, 0.1) is 5.92 Å². The maximum atomic E-state index is 12.3. The largest absolute Gasteiger partial charge is 0.457 e. The number of hydrogen-bond donors (Lipinski definition) is 0. The van der Waals surface area contributed by atoms with Crippen molar-refractivity contribution in [3.8, 4) is 11.5 Å². The van der Waals surface area contributed by atoms with E-state index in [2.05, 4.69) is 18.7 Å². The molecule has 5 nitrogen and oxygen atoms in total. The van der Waals surface area contributed by atoms with E-state index < -0.39 is 17.9 Å². The molecule has 0 heterocycles. The Morgan fingerprint density at radius 1 is 0.964 bits per heavy atom. The monoisotopic (exact) mass is 383 g/mol. The van der Waals surface area contributed by atoms with E-state index in [0.29, 0.717) is 12.2 Å². The van der Waals surface area contributed by atoms with Gasteiger partial charge in [-0.15, -0.1) is 0 Å². The number of carbonyl (C=O) groups excluding carboxylic acids is 2. The van der Waals surface area contributed by atoms with Gasteiger partial charge in [0.25, 0.3) is 0 Å². The highest BCUT2D eigenvalue weighted by Gasteiger charge is 2.20. The summed E-state index contributed by atoms with van der Waals surface area (Å²) >= 11 is 0. The molecule has 0 aromatic heterocycles. The molecule has 2 aromatic carbocycles. The molecule has 0 radical (unpaired) electrons. The number of para-hydroxylation sites is 1. The minimum absolute atomic E-state index is 0.242. The molecule has 0 N–H and O–H groups in total. The van der Waals surface area contributed by atoms with Crippen LogP contribution in [0.2, 0.25) is 0 Å². The summed E-state index contributed by atoms with van der Waals surface area (Å²) in [5.41, 5.74) is 0.745. The summed E-state index contributed by atoms with van der Waals surface area (Å²) in [4.78, 5) is 26.5. The van der Waals surface area contributed by atoms with Gasteiger partial charge in [-0.1, -0.05) is 44.2 Å². The normalized spacial score (nSPS) is 11.9. The van der Waals surface area contributed by atoms with E-state index >= 15 is 0 Å². The molecule has 0 saturated carbocycles. The molecule has 0 bridgehead atoms. The lowest BCUT2D eigenvalue weighted by Gasteiger charge is -2.17. The molecule has 1 atom stereocenters. The second-order valence-corrected chi connectivity index (χ2v) is 6.63. The lowest BCUT2D eigenvalue weighted by atomic mass is 10.0. The van der Waals surface area contributed by atoms with Crippen LogP contribution in [0.5, 0.6) is 11.5 Å². The number of ether oxygens (including phenoxy) is 2. The van der Waals surface area contributed by atoms with Crippen molar-refractivity contribution in [1.82, 2.24) is 4.90 Å². The molecule has 0 fully saturated rings. The number of rotatable bonds is 10. The van der Waals surface area contributed by atoms with E-state index in [1.54, 1.807) is 13.0 Å². The lowest BCUT2D eigenvalue weighted by molar-refractivity contribution is -0.160. The Bertz CT molecular complexity index is 756. The SMILES string of the molecule is CCN(CC)CCCC(=O)OC(=O)C(C)c1cccc(Oc2ccccc2)c1. The number of nitrogens with zero attached hydrogens (tertiary/aromatic N) is 1. The summed E-state index contributed by atoms with van der Waals surface area (Å²) in [6.07, 6.45) is 0.925. The van der Waals surface area contributed by atoms with Crippen LogP contribution >= 0.6 is 0 Å². The van der Waals surface area contributed by atoms with Gasteiger partial charge in [-0.3, -0.25) is 9.59 Å². The molecule has 0 spiro atoms. The Kier molecular flexibility index (Phi) is 8.69. The van der Waals surface area contributed by atoms with E-state index in [1.807, 2.05) is 48.5 Å². The zero-order chi connectivity index (χ0) is 20.4. The molecule has 1 unspecified atom stereocenters. The Balaban J connectivity index is 1.88. The van der Waals surface area contributed by atoms with Crippen LogP contribution in [0.15, 0.2) is 54.6 Å². The molecule has 150 valence electrons. The van der Waals surface area contributed by atoms with Crippen LogP contribution in [0.4, 0.5) is 0 Å². The first kappa shape index (κ1) is 21.6. The van der Waals surface area contributed by atoms with E-state index in [-0.39, 0.29) is 6.42 Å². The topological polar surface area (TPSA) is 55.8 Å². The van der Waals surface area contributed by atoms with Gasteiger partial charge in [0.2, 0.25) is 0 Å². The van der Waals surface area contributed by atoms with Gasteiger partial charge in [-0.2, -0.15) is 0 Å². The molecule has 2 rings (SSSR count). The van der Waals surface area contributed by atoms with Crippen LogP contribution in [-0.2, 0) is 14.3 Å². The van der Waals surface area contributed by atoms with Crippen LogP contribution in [-0.4, -0.2) is 36.5 Å². The minimum Gasteiger partial charge on any atom is -0.457 e. The standard InChI is InChI=1S/C23H29NO4/c1-4-24(5-2)16-10-15-22(25)28-23(26)18(3)19-11-9-14-21(17-19)27-20-12-7-6-8-13-20/h6-9,11-14,17-18H,4-5,10,15-16H2,1-3H3. The second kappa shape index (κ2) is 11.2. The fraction of sp³-hybridized carbons (Fsp3) is 0.391. The quantitative estimate of drug-likeness (QED) is 0.437. The Morgan fingerprint density at radius 3 is 2.32 bits per heavy atom. The predicted octanol–water partition coefficient (Wildman–Crippen LogP) is 4.77. The van der Waals surface area contributed by atoms with Crippen LogP contribution in [0, 0.1) is 0 Å². The molecule has 0 aliphatic rings. The Hall–Kier alpha value is -2.66. The molecule has 0 saturated heterocycles. The summed E-state index contributed by atoms with van der Waals surface area (Å²) in [6, 6.07) is 16.7. The highest BCUT2D eigenvalue weighted by atomic mass is 16.6. The van der Waals surface area contributed by atoms with Crippen molar-refractivity contribution in [3.63, 3.8) is 0 Å². The first-order valence-electron chi connectivity index (χ1n) is 9.83. The molecular weight excluding hydrogens is 354 g/mol. The van der Waals surface area contributed by atoms with Crippen molar-refractivity contribution in [1.29, 1.82) is 0 Å². The van der Waals surface area contributed by atoms with Crippen molar-refractivity contribution >= 4 is 11.9 Å².